The van der Waals surface area contributed by atoms with E-state index in [-0.39, 0.29) is 0 Å². The number of aromatic nitrogens is 1. The van der Waals surface area contributed by atoms with E-state index in [1.54, 1.807) is 0 Å². The highest BCUT2D eigenvalue weighted by Gasteiger charge is 2.11. The maximum Gasteiger partial charge on any atom is 0.0594 e. The van der Waals surface area contributed by atoms with Crippen LogP contribution in [0.25, 0.3) is 10.9 Å². The summed E-state index contributed by atoms with van der Waals surface area (Å²) in [5.74, 6) is 0. The molecule has 3 rings (SSSR count). The summed E-state index contributed by atoms with van der Waals surface area (Å²) in [5, 5.41) is 1.25. The van der Waals surface area contributed by atoms with E-state index in [1.165, 1.54) is 16.5 Å². The molecule has 3 N–H and O–H groups in total. The SMILES string of the molecule is Nc1ccc2[nH]cc(CCN3CCOCC3)c2c1. The Kier molecular flexibility index (Phi) is 3.21. The van der Waals surface area contributed by atoms with E-state index in [0.29, 0.717) is 0 Å². The molecular formula is C14H19N3O. The maximum absolute atomic E-state index is 5.85. The minimum Gasteiger partial charge on any atom is -0.399 e. The highest BCUT2D eigenvalue weighted by Crippen LogP contribution is 2.21. The van der Waals surface area contributed by atoms with Gasteiger partial charge in [0.15, 0.2) is 0 Å². The lowest BCUT2D eigenvalue weighted by Gasteiger charge is -2.26. The molecule has 0 aliphatic carbocycles. The predicted octanol–water partition coefficient (Wildman–Crippen LogP) is 1.62. The number of nitrogens with one attached hydrogen (secondary N) is 1. The minimum absolute atomic E-state index is 0.828. The fourth-order valence-electron chi connectivity index (χ4n) is 2.51. The van der Waals surface area contributed by atoms with E-state index in [0.717, 1.165) is 45.0 Å². The van der Waals surface area contributed by atoms with Crippen LogP contribution in [-0.4, -0.2) is 42.7 Å². The maximum atomic E-state index is 5.85. The zero-order valence-corrected chi connectivity index (χ0v) is 10.5. The lowest BCUT2D eigenvalue weighted by Crippen LogP contribution is -2.37. The third kappa shape index (κ3) is 2.35. The Balaban J connectivity index is 1.72. The summed E-state index contributed by atoms with van der Waals surface area (Å²) in [6, 6.07) is 6.04. The van der Waals surface area contributed by atoms with E-state index >= 15 is 0 Å². The van der Waals surface area contributed by atoms with Crippen molar-refractivity contribution in [1.82, 2.24) is 9.88 Å². The number of hydrogen-bond donors (Lipinski definition) is 2. The van der Waals surface area contributed by atoms with E-state index in [1.807, 2.05) is 12.1 Å². The van der Waals surface area contributed by atoms with Gasteiger partial charge in [-0.2, -0.15) is 0 Å². The molecule has 0 saturated carbocycles. The average molecular weight is 245 g/mol. The van der Waals surface area contributed by atoms with E-state index in [4.69, 9.17) is 10.5 Å². The van der Waals surface area contributed by atoms with Gasteiger partial charge in [0.2, 0.25) is 0 Å². The molecule has 1 saturated heterocycles. The molecule has 0 bridgehead atoms. The first-order chi connectivity index (χ1) is 8.83. The molecule has 1 aromatic carbocycles. The van der Waals surface area contributed by atoms with Crippen LogP contribution >= 0.6 is 0 Å². The standard InChI is InChI=1S/C14H19N3O/c15-12-1-2-14-13(9-12)11(10-16-14)3-4-17-5-7-18-8-6-17/h1-2,9-10,16H,3-8,15H2. The first-order valence-electron chi connectivity index (χ1n) is 6.48. The Morgan fingerprint density at radius 3 is 2.94 bits per heavy atom. The Morgan fingerprint density at radius 2 is 2.11 bits per heavy atom. The van der Waals surface area contributed by atoms with Crippen LogP contribution in [0.1, 0.15) is 5.56 Å². The van der Waals surface area contributed by atoms with E-state index < -0.39 is 0 Å². The number of morpholine rings is 1. The van der Waals surface area contributed by atoms with Crippen molar-refractivity contribution in [1.29, 1.82) is 0 Å². The highest BCUT2D eigenvalue weighted by molar-refractivity contribution is 5.86. The van der Waals surface area contributed by atoms with Crippen LogP contribution in [-0.2, 0) is 11.2 Å². The van der Waals surface area contributed by atoms with Gasteiger partial charge in [-0.1, -0.05) is 0 Å². The Hall–Kier alpha value is -1.52. The molecule has 2 heterocycles. The quantitative estimate of drug-likeness (QED) is 0.808. The van der Waals surface area contributed by atoms with Crippen molar-refractivity contribution in [2.45, 2.75) is 6.42 Å². The van der Waals surface area contributed by atoms with Crippen LogP contribution in [0.15, 0.2) is 24.4 Å². The number of nitrogens with zero attached hydrogens (tertiary/aromatic N) is 1. The smallest absolute Gasteiger partial charge is 0.0594 e. The Bertz CT molecular complexity index is 529. The predicted molar refractivity (Wildman–Crippen MR) is 73.7 cm³/mol. The van der Waals surface area contributed by atoms with Crippen LogP contribution in [0.3, 0.4) is 0 Å². The molecule has 96 valence electrons. The summed E-state index contributed by atoms with van der Waals surface area (Å²) in [5.41, 5.74) is 9.20. The summed E-state index contributed by atoms with van der Waals surface area (Å²) < 4.78 is 5.36. The van der Waals surface area contributed by atoms with Crippen molar-refractivity contribution in [3.8, 4) is 0 Å². The van der Waals surface area contributed by atoms with Gasteiger partial charge in [0, 0.05) is 42.4 Å². The zero-order valence-electron chi connectivity index (χ0n) is 10.5. The van der Waals surface area contributed by atoms with E-state index in [9.17, 15) is 0 Å². The van der Waals surface area contributed by atoms with Crippen LogP contribution in [0.4, 0.5) is 5.69 Å². The molecule has 1 aromatic heterocycles. The third-order valence-corrected chi connectivity index (χ3v) is 3.59. The van der Waals surface area contributed by atoms with Crippen LogP contribution in [0.2, 0.25) is 0 Å². The number of fused-ring (bicyclic) bond motifs is 1. The molecule has 2 aromatic rings. The largest absolute Gasteiger partial charge is 0.399 e. The summed E-state index contributed by atoms with van der Waals surface area (Å²) in [6.45, 7) is 4.90. The molecule has 4 nitrogen and oxygen atoms in total. The van der Waals surface area contributed by atoms with E-state index in [2.05, 4.69) is 22.1 Å². The van der Waals surface area contributed by atoms with Crippen molar-refractivity contribution in [3.63, 3.8) is 0 Å². The number of rotatable bonds is 3. The molecule has 0 radical (unpaired) electrons. The fourth-order valence-corrected chi connectivity index (χ4v) is 2.51. The Labute approximate surface area is 107 Å². The summed E-state index contributed by atoms with van der Waals surface area (Å²) in [4.78, 5) is 5.76. The minimum atomic E-state index is 0.828. The number of benzene rings is 1. The first kappa shape index (κ1) is 11.6. The monoisotopic (exact) mass is 245 g/mol. The van der Waals surface area contributed by atoms with Crippen molar-refractivity contribution in [2.75, 3.05) is 38.6 Å². The van der Waals surface area contributed by atoms with Crippen LogP contribution in [0.5, 0.6) is 0 Å². The molecule has 1 fully saturated rings. The second-order valence-electron chi connectivity index (χ2n) is 4.82. The van der Waals surface area contributed by atoms with Crippen molar-refractivity contribution >= 4 is 16.6 Å². The molecular weight excluding hydrogens is 226 g/mol. The van der Waals surface area contributed by atoms with Gasteiger partial charge in [-0.15, -0.1) is 0 Å². The van der Waals surface area contributed by atoms with Gasteiger partial charge in [-0.25, -0.2) is 0 Å². The number of anilines is 1. The van der Waals surface area contributed by atoms with Crippen LogP contribution in [0, 0.1) is 0 Å². The number of aromatic amines is 1. The van der Waals surface area contributed by atoms with Crippen molar-refractivity contribution in [3.05, 3.63) is 30.0 Å². The topological polar surface area (TPSA) is 54.3 Å². The van der Waals surface area contributed by atoms with Gasteiger partial charge in [-0.05, 0) is 30.2 Å². The first-order valence-corrected chi connectivity index (χ1v) is 6.48. The normalized spacial score (nSPS) is 17.3. The fraction of sp³-hybridized carbons (Fsp3) is 0.429. The van der Waals surface area contributed by atoms with Gasteiger partial charge in [0.25, 0.3) is 0 Å². The number of nitrogens with two attached hydrogens (primary N) is 1. The lowest BCUT2D eigenvalue weighted by atomic mass is 10.1. The molecule has 4 heteroatoms. The molecule has 1 aliphatic rings. The molecule has 0 spiro atoms. The van der Waals surface area contributed by atoms with Gasteiger partial charge in [-0.3, -0.25) is 4.90 Å². The highest BCUT2D eigenvalue weighted by atomic mass is 16.5. The molecule has 0 amide bonds. The number of H-pyrrole nitrogens is 1. The van der Waals surface area contributed by atoms with Gasteiger partial charge in [0.05, 0.1) is 13.2 Å². The summed E-state index contributed by atoms with van der Waals surface area (Å²) >= 11 is 0. The lowest BCUT2D eigenvalue weighted by molar-refractivity contribution is 0.0385. The van der Waals surface area contributed by atoms with Crippen molar-refractivity contribution < 1.29 is 4.74 Å². The average Bonchev–Trinajstić information content (AvgIpc) is 2.80. The Morgan fingerprint density at radius 1 is 1.28 bits per heavy atom. The number of ether oxygens (including phenoxy) is 1. The summed E-state index contributed by atoms with van der Waals surface area (Å²) in [6.07, 6.45) is 3.16. The second-order valence-corrected chi connectivity index (χ2v) is 4.82. The van der Waals surface area contributed by atoms with Crippen LogP contribution < -0.4 is 5.73 Å². The van der Waals surface area contributed by atoms with Gasteiger partial charge >= 0.3 is 0 Å². The van der Waals surface area contributed by atoms with Crippen molar-refractivity contribution in [2.24, 2.45) is 0 Å². The number of nitrogen functional groups attached to an aromatic ring is 1. The number of hydrogen-bond acceptors (Lipinski definition) is 3. The summed E-state index contributed by atoms with van der Waals surface area (Å²) in [7, 11) is 0. The zero-order chi connectivity index (χ0) is 12.4. The molecule has 1 aliphatic heterocycles. The van der Waals surface area contributed by atoms with Gasteiger partial charge in [0.1, 0.15) is 0 Å². The van der Waals surface area contributed by atoms with Gasteiger partial charge < -0.3 is 15.5 Å². The second kappa shape index (κ2) is 5.00. The molecule has 0 unspecified atom stereocenters. The molecule has 0 atom stereocenters. The third-order valence-electron chi connectivity index (χ3n) is 3.59. The molecule has 18 heavy (non-hydrogen) atoms.